The van der Waals surface area contributed by atoms with Gasteiger partial charge in [0.05, 0.1) is 11.6 Å². The van der Waals surface area contributed by atoms with Crippen LogP contribution in [0.2, 0.25) is 0 Å². The molecule has 0 radical (unpaired) electrons. The molecule has 2 aromatic rings. The van der Waals surface area contributed by atoms with Crippen LogP contribution in [0.4, 0.5) is 11.5 Å². The molecular weight excluding hydrogens is 308 g/mol. The maximum atomic E-state index is 8.84. The molecule has 96 valence electrons. The Hall–Kier alpha value is -2.13. The summed E-state index contributed by atoms with van der Waals surface area (Å²) in [5.74, 6) is 1.42. The number of hydrogen-bond acceptors (Lipinski definition) is 5. The van der Waals surface area contributed by atoms with Gasteiger partial charge in [0, 0.05) is 18.8 Å². The fraction of sp³-hybridized carbons (Fsp3) is 0.154. The SMILES string of the molecule is COc1ccc(N(C)c2cc(C#N)ncn2)cc1Br. The zero-order valence-electron chi connectivity index (χ0n) is 10.5. The van der Waals surface area contributed by atoms with E-state index in [0.29, 0.717) is 11.5 Å². The number of aromatic nitrogens is 2. The molecule has 0 saturated carbocycles. The number of methoxy groups -OCH3 is 1. The number of hydrogen-bond donors (Lipinski definition) is 0. The Labute approximate surface area is 119 Å². The molecule has 19 heavy (non-hydrogen) atoms. The Morgan fingerprint density at radius 2 is 2.11 bits per heavy atom. The first-order valence-electron chi connectivity index (χ1n) is 5.45. The van der Waals surface area contributed by atoms with Crippen molar-refractivity contribution in [2.75, 3.05) is 19.1 Å². The zero-order chi connectivity index (χ0) is 13.8. The maximum absolute atomic E-state index is 8.84. The minimum atomic E-state index is 0.337. The van der Waals surface area contributed by atoms with Gasteiger partial charge in [-0.25, -0.2) is 9.97 Å². The highest BCUT2D eigenvalue weighted by Crippen LogP contribution is 2.31. The summed E-state index contributed by atoms with van der Waals surface area (Å²) in [4.78, 5) is 9.87. The van der Waals surface area contributed by atoms with Gasteiger partial charge < -0.3 is 9.64 Å². The van der Waals surface area contributed by atoms with Gasteiger partial charge >= 0.3 is 0 Å². The molecule has 0 fully saturated rings. The molecule has 0 aliphatic carbocycles. The first kappa shape index (κ1) is 13.3. The van der Waals surface area contributed by atoms with Crippen LogP contribution in [0, 0.1) is 11.3 Å². The van der Waals surface area contributed by atoms with E-state index in [9.17, 15) is 0 Å². The van der Waals surface area contributed by atoms with Crippen molar-refractivity contribution in [2.24, 2.45) is 0 Å². The summed E-state index contributed by atoms with van der Waals surface area (Å²) in [7, 11) is 3.49. The van der Waals surface area contributed by atoms with Crippen LogP contribution in [0.15, 0.2) is 35.1 Å². The summed E-state index contributed by atoms with van der Waals surface area (Å²) >= 11 is 3.44. The summed E-state index contributed by atoms with van der Waals surface area (Å²) in [6.07, 6.45) is 1.38. The Balaban J connectivity index is 2.36. The first-order chi connectivity index (χ1) is 9.15. The molecule has 0 bridgehead atoms. The van der Waals surface area contributed by atoms with Crippen LogP contribution in [-0.4, -0.2) is 24.1 Å². The molecule has 1 aromatic heterocycles. The lowest BCUT2D eigenvalue weighted by Gasteiger charge is -2.19. The standard InChI is InChI=1S/C13H11BrN4O/c1-18(13-5-9(7-15)16-8-17-13)10-3-4-12(19-2)11(14)6-10/h3-6,8H,1-2H3. The van der Waals surface area contributed by atoms with Crippen LogP contribution < -0.4 is 9.64 Å². The molecular formula is C13H11BrN4O. The summed E-state index contributed by atoms with van der Waals surface area (Å²) < 4.78 is 6.04. The van der Waals surface area contributed by atoms with E-state index in [4.69, 9.17) is 10.00 Å². The molecule has 1 aromatic carbocycles. The molecule has 0 atom stereocenters. The highest BCUT2D eigenvalue weighted by molar-refractivity contribution is 9.10. The molecule has 0 amide bonds. The lowest BCUT2D eigenvalue weighted by molar-refractivity contribution is 0.412. The number of nitrogens with zero attached hydrogens (tertiary/aromatic N) is 4. The maximum Gasteiger partial charge on any atom is 0.145 e. The van der Waals surface area contributed by atoms with E-state index in [-0.39, 0.29) is 0 Å². The molecule has 0 N–H and O–H groups in total. The summed E-state index contributed by atoms with van der Waals surface area (Å²) in [5, 5.41) is 8.84. The van der Waals surface area contributed by atoms with Gasteiger partial charge in [0.25, 0.3) is 0 Å². The third kappa shape index (κ3) is 2.83. The number of anilines is 2. The van der Waals surface area contributed by atoms with Crippen molar-refractivity contribution in [1.82, 2.24) is 9.97 Å². The Morgan fingerprint density at radius 1 is 1.32 bits per heavy atom. The normalized spacial score (nSPS) is 9.79. The van der Waals surface area contributed by atoms with Crippen molar-refractivity contribution in [2.45, 2.75) is 0 Å². The zero-order valence-corrected chi connectivity index (χ0v) is 12.0. The minimum Gasteiger partial charge on any atom is -0.496 e. The fourth-order valence-electron chi connectivity index (χ4n) is 1.59. The van der Waals surface area contributed by atoms with Crippen LogP contribution in [-0.2, 0) is 0 Å². The monoisotopic (exact) mass is 318 g/mol. The van der Waals surface area contributed by atoms with Crippen LogP contribution in [0.5, 0.6) is 5.75 Å². The number of halogens is 1. The van der Waals surface area contributed by atoms with Gasteiger partial charge in [-0.05, 0) is 34.1 Å². The Bertz CT molecular complexity index is 639. The highest BCUT2D eigenvalue weighted by atomic mass is 79.9. The summed E-state index contributed by atoms with van der Waals surface area (Å²) in [6, 6.07) is 9.33. The molecule has 0 saturated heterocycles. The number of nitriles is 1. The van der Waals surface area contributed by atoms with Crippen molar-refractivity contribution in [3.63, 3.8) is 0 Å². The number of benzene rings is 1. The van der Waals surface area contributed by atoms with Crippen LogP contribution in [0.1, 0.15) is 5.69 Å². The van der Waals surface area contributed by atoms with E-state index >= 15 is 0 Å². The van der Waals surface area contributed by atoms with Gasteiger partial charge in [-0.1, -0.05) is 0 Å². The van der Waals surface area contributed by atoms with Crippen molar-refractivity contribution >= 4 is 27.4 Å². The second-order valence-corrected chi connectivity index (χ2v) is 4.61. The predicted octanol–water partition coefficient (Wildman–Crippen LogP) is 2.89. The van der Waals surface area contributed by atoms with Crippen molar-refractivity contribution in [3.05, 3.63) is 40.8 Å². The number of ether oxygens (including phenoxy) is 1. The first-order valence-corrected chi connectivity index (χ1v) is 6.24. The molecule has 0 spiro atoms. The van der Waals surface area contributed by atoms with E-state index in [1.54, 1.807) is 13.2 Å². The second kappa shape index (κ2) is 5.67. The third-order valence-corrected chi connectivity index (χ3v) is 3.25. The largest absolute Gasteiger partial charge is 0.496 e. The third-order valence-electron chi connectivity index (χ3n) is 2.63. The second-order valence-electron chi connectivity index (χ2n) is 3.75. The molecule has 6 heteroatoms. The summed E-state index contributed by atoms with van der Waals surface area (Å²) in [5.41, 5.74) is 1.26. The van der Waals surface area contributed by atoms with E-state index in [0.717, 1.165) is 15.9 Å². The van der Waals surface area contributed by atoms with Crippen LogP contribution >= 0.6 is 15.9 Å². The predicted molar refractivity (Wildman–Crippen MR) is 75.5 cm³/mol. The van der Waals surface area contributed by atoms with E-state index < -0.39 is 0 Å². The molecule has 0 unspecified atom stereocenters. The average molecular weight is 319 g/mol. The van der Waals surface area contributed by atoms with Crippen LogP contribution in [0.25, 0.3) is 0 Å². The van der Waals surface area contributed by atoms with Gasteiger partial charge in [-0.15, -0.1) is 0 Å². The van der Waals surface area contributed by atoms with E-state index in [1.165, 1.54) is 6.33 Å². The molecule has 2 rings (SSSR count). The van der Waals surface area contributed by atoms with Crippen molar-refractivity contribution in [3.8, 4) is 11.8 Å². The topological polar surface area (TPSA) is 62.0 Å². The Kier molecular flexibility index (Phi) is 3.97. The van der Waals surface area contributed by atoms with Gasteiger partial charge in [-0.2, -0.15) is 5.26 Å². The highest BCUT2D eigenvalue weighted by Gasteiger charge is 2.09. The van der Waals surface area contributed by atoms with Crippen LogP contribution in [0.3, 0.4) is 0 Å². The lowest BCUT2D eigenvalue weighted by Crippen LogP contribution is -2.11. The molecule has 5 nitrogen and oxygen atoms in total. The quantitative estimate of drug-likeness (QED) is 0.870. The van der Waals surface area contributed by atoms with E-state index in [2.05, 4.69) is 25.9 Å². The molecule has 0 aliphatic heterocycles. The van der Waals surface area contributed by atoms with Gasteiger partial charge in [0.15, 0.2) is 0 Å². The smallest absolute Gasteiger partial charge is 0.145 e. The van der Waals surface area contributed by atoms with Crippen molar-refractivity contribution in [1.29, 1.82) is 5.26 Å². The lowest BCUT2D eigenvalue weighted by atomic mass is 10.2. The summed E-state index contributed by atoms with van der Waals surface area (Å²) in [6.45, 7) is 0. The van der Waals surface area contributed by atoms with Gasteiger partial charge in [0.1, 0.15) is 29.7 Å². The van der Waals surface area contributed by atoms with E-state index in [1.807, 2.05) is 36.2 Å². The average Bonchev–Trinajstić information content (AvgIpc) is 2.46. The molecule has 0 aliphatic rings. The van der Waals surface area contributed by atoms with Gasteiger partial charge in [-0.3, -0.25) is 0 Å². The Morgan fingerprint density at radius 3 is 2.74 bits per heavy atom. The fourth-order valence-corrected chi connectivity index (χ4v) is 2.12. The molecule has 1 heterocycles. The van der Waals surface area contributed by atoms with Gasteiger partial charge in [0.2, 0.25) is 0 Å². The number of rotatable bonds is 3. The minimum absolute atomic E-state index is 0.337. The van der Waals surface area contributed by atoms with Crippen molar-refractivity contribution < 1.29 is 4.74 Å².